The van der Waals surface area contributed by atoms with Crippen molar-refractivity contribution in [2.45, 2.75) is 57.0 Å². The lowest BCUT2D eigenvalue weighted by molar-refractivity contribution is -0.121. The molecule has 2 rings (SSSR count). The number of cyclic esters (lactones) is 1. The van der Waals surface area contributed by atoms with Gasteiger partial charge in [0.2, 0.25) is 11.6 Å². The minimum atomic E-state index is -1.74. The fraction of sp³-hybridized carbons (Fsp3) is 0.500. The maximum absolute atomic E-state index is 12.6. The molecule has 5 N–H and O–H groups in total. The quantitative estimate of drug-likeness (QED) is 0.302. The Morgan fingerprint density at radius 3 is 2.29 bits per heavy atom. The standard InChI is InChI=1S/C18H21ClO9/c1-7-3-2-4-8(20)16(25)11(23)6-12(24)17(26)14-13(18(27)28-7)9(21)5-10(22)15(14)19/h5,7-8,11,16,20-23,25H,2-4,6H2,1H3/t7-,8?,11-,16+/m0/s1. The summed E-state index contributed by atoms with van der Waals surface area (Å²) in [5, 5.41) is 49.0. The number of aliphatic hydroxyl groups is 3. The van der Waals surface area contributed by atoms with E-state index < -0.39 is 76.0 Å². The van der Waals surface area contributed by atoms with E-state index in [9.17, 15) is 39.9 Å². The number of halogens is 1. The lowest BCUT2D eigenvalue weighted by Gasteiger charge is -2.24. The van der Waals surface area contributed by atoms with Gasteiger partial charge in [-0.15, -0.1) is 0 Å². The molecule has 0 radical (unpaired) electrons. The number of aliphatic hydroxyl groups excluding tert-OH is 3. The average molecular weight is 417 g/mol. The van der Waals surface area contributed by atoms with Crippen LogP contribution in [0.5, 0.6) is 11.5 Å². The number of fused-ring (bicyclic) bond motifs is 1. The lowest BCUT2D eigenvalue weighted by Crippen LogP contribution is -2.40. The van der Waals surface area contributed by atoms with Gasteiger partial charge < -0.3 is 30.3 Å². The third kappa shape index (κ3) is 4.61. The second-order valence-electron chi connectivity index (χ2n) is 6.71. The summed E-state index contributed by atoms with van der Waals surface area (Å²) in [6.45, 7) is 1.53. The van der Waals surface area contributed by atoms with Gasteiger partial charge in [0, 0.05) is 12.5 Å². The first-order chi connectivity index (χ1) is 13.0. The summed E-state index contributed by atoms with van der Waals surface area (Å²) in [7, 11) is 0. The molecule has 0 saturated carbocycles. The Kier molecular flexibility index (Phi) is 7.00. The second kappa shape index (κ2) is 8.87. The van der Waals surface area contributed by atoms with Crippen LogP contribution in [-0.4, -0.2) is 67.5 Å². The van der Waals surface area contributed by atoms with Gasteiger partial charge in [-0.2, -0.15) is 0 Å². The smallest absolute Gasteiger partial charge is 0.343 e. The molecule has 0 amide bonds. The van der Waals surface area contributed by atoms with Crippen molar-refractivity contribution in [3.05, 3.63) is 22.2 Å². The van der Waals surface area contributed by atoms with Crippen LogP contribution >= 0.6 is 11.6 Å². The number of ketones is 2. The highest BCUT2D eigenvalue weighted by atomic mass is 35.5. The van der Waals surface area contributed by atoms with Crippen LogP contribution in [0, 0.1) is 0 Å². The summed E-state index contributed by atoms with van der Waals surface area (Å²) < 4.78 is 5.17. The van der Waals surface area contributed by atoms with Crippen LogP contribution in [0.1, 0.15) is 53.3 Å². The minimum Gasteiger partial charge on any atom is -0.507 e. The van der Waals surface area contributed by atoms with E-state index in [2.05, 4.69) is 0 Å². The summed E-state index contributed by atoms with van der Waals surface area (Å²) in [5.41, 5.74) is -1.44. The molecule has 10 heteroatoms. The average Bonchev–Trinajstić information content (AvgIpc) is 2.61. The van der Waals surface area contributed by atoms with E-state index in [1.807, 2.05) is 0 Å². The SMILES string of the molecule is C[C@H]1CCCC(O)[C@@H](O)[C@@H](O)CC(=O)C(=O)c2c(Cl)c(O)cc(O)c2C(=O)O1. The van der Waals surface area contributed by atoms with E-state index in [-0.39, 0.29) is 12.8 Å². The number of benzene rings is 1. The molecule has 1 aliphatic heterocycles. The van der Waals surface area contributed by atoms with Gasteiger partial charge >= 0.3 is 5.97 Å². The van der Waals surface area contributed by atoms with Crippen molar-refractivity contribution in [3.63, 3.8) is 0 Å². The van der Waals surface area contributed by atoms with Gasteiger partial charge in [-0.05, 0) is 26.2 Å². The minimum absolute atomic E-state index is 0.0593. The van der Waals surface area contributed by atoms with Gasteiger partial charge in [0.15, 0.2) is 0 Å². The number of hydrogen-bond donors (Lipinski definition) is 5. The number of carbonyl (C=O) groups excluding carboxylic acids is 3. The maximum Gasteiger partial charge on any atom is 0.343 e. The van der Waals surface area contributed by atoms with E-state index in [4.69, 9.17) is 16.3 Å². The van der Waals surface area contributed by atoms with Crippen molar-refractivity contribution in [1.82, 2.24) is 0 Å². The topological polar surface area (TPSA) is 162 Å². The highest BCUT2D eigenvalue weighted by Crippen LogP contribution is 2.37. The zero-order valence-corrected chi connectivity index (χ0v) is 15.7. The van der Waals surface area contributed by atoms with Crippen LogP contribution in [0.4, 0.5) is 0 Å². The van der Waals surface area contributed by atoms with Crippen molar-refractivity contribution in [2.24, 2.45) is 0 Å². The molecule has 0 aromatic heterocycles. The number of carbonyl (C=O) groups is 3. The number of aromatic hydroxyl groups is 2. The van der Waals surface area contributed by atoms with Crippen LogP contribution in [0.15, 0.2) is 6.07 Å². The molecule has 0 aliphatic carbocycles. The third-order valence-corrected chi connectivity index (χ3v) is 4.89. The van der Waals surface area contributed by atoms with Crippen LogP contribution in [0.2, 0.25) is 5.02 Å². The summed E-state index contributed by atoms with van der Waals surface area (Å²) in [5.74, 6) is -5.28. The molecular formula is C18H21ClO9. The van der Waals surface area contributed by atoms with Crippen molar-refractivity contribution < 1.29 is 44.7 Å². The van der Waals surface area contributed by atoms with E-state index in [1.54, 1.807) is 0 Å². The second-order valence-corrected chi connectivity index (χ2v) is 7.09. The Balaban J connectivity index is 2.55. The highest BCUT2D eigenvalue weighted by Gasteiger charge is 2.35. The number of phenolic OH excluding ortho intramolecular Hbond substituents is 2. The molecule has 28 heavy (non-hydrogen) atoms. The summed E-state index contributed by atoms with van der Waals surface area (Å²) >= 11 is 5.89. The first-order valence-corrected chi connectivity index (χ1v) is 8.99. The van der Waals surface area contributed by atoms with Crippen molar-refractivity contribution in [1.29, 1.82) is 0 Å². The number of phenols is 2. The van der Waals surface area contributed by atoms with Crippen molar-refractivity contribution in [3.8, 4) is 11.5 Å². The number of esters is 1. The highest BCUT2D eigenvalue weighted by molar-refractivity contribution is 6.49. The first-order valence-electron chi connectivity index (χ1n) is 8.61. The molecule has 1 aromatic carbocycles. The fourth-order valence-corrected chi connectivity index (χ4v) is 3.17. The van der Waals surface area contributed by atoms with E-state index in [0.717, 1.165) is 6.07 Å². The molecule has 1 aliphatic rings. The Morgan fingerprint density at radius 1 is 1.00 bits per heavy atom. The van der Waals surface area contributed by atoms with E-state index in [1.165, 1.54) is 6.92 Å². The first kappa shape index (κ1) is 22.1. The van der Waals surface area contributed by atoms with Gasteiger partial charge in [-0.25, -0.2) is 4.79 Å². The van der Waals surface area contributed by atoms with Gasteiger partial charge in [0.25, 0.3) is 0 Å². The van der Waals surface area contributed by atoms with Gasteiger partial charge in [0.1, 0.15) is 23.2 Å². The zero-order chi connectivity index (χ0) is 21.2. The molecule has 1 heterocycles. The molecule has 1 unspecified atom stereocenters. The van der Waals surface area contributed by atoms with Crippen molar-refractivity contribution in [2.75, 3.05) is 0 Å². The molecule has 154 valence electrons. The fourth-order valence-electron chi connectivity index (χ4n) is 2.94. The summed E-state index contributed by atoms with van der Waals surface area (Å²) in [6, 6.07) is 0.739. The molecule has 9 nitrogen and oxygen atoms in total. The van der Waals surface area contributed by atoms with Crippen LogP contribution in [0.25, 0.3) is 0 Å². The Bertz CT molecular complexity index is 792. The number of rotatable bonds is 0. The molecule has 1 aromatic rings. The van der Waals surface area contributed by atoms with Crippen LogP contribution < -0.4 is 0 Å². The molecule has 0 bridgehead atoms. The predicted molar refractivity (Wildman–Crippen MR) is 95.5 cm³/mol. The maximum atomic E-state index is 12.6. The van der Waals surface area contributed by atoms with Crippen LogP contribution in [0.3, 0.4) is 0 Å². The van der Waals surface area contributed by atoms with Gasteiger partial charge in [-0.3, -0.25) is 9.59 Å². The number of hydrogen-bond acceptors (Lipinski definition) is 9. The lowest BCUT2D eigenvalue weighted by atomic mass is 9.93. The van der Waals surface area contributed by atoms with Gasteiger partial charge in [0.05, 0.1) is 28.9 Å². The summed E-state index contributed by atoms with van der Waals surface area (Å²) in [6.07, 6.45) is -5.68. The Hall–Kier alpha value is -2.20. The molecule has 4 atom stereocenters. The normalized spacial score (nSPS) is 27.7. The largest absolute Gasteiger partial charge is 0.507 e. The molecule has 0 spiro atoms. The van der Waals surface area contributed by atoms with Crippen LogP contribution in [-0.2, 0) is 9.53 Å². The van der Waals surface area contributed by atoms with Gasteiger partial charge in [-0.1, -0.05) is 11.6 Å². The van der Waals surface area contributed by atoms with E-state index in [0.29, 0.717) is 6.42 Å². The summed E-state index contributed by atoms with van der Waals surface area (Å²) in [4.78, 5) is 37.3. The number of Topliss-reactive ketones (excluding diaryl/α,β-unsaturated/α-hetero) is 2. The molecule has 0 fully saturated rings. The zero-order valence-electron chi connectivity index (χ0n) is 15.0. The Labute approximate surface area is 165 Å². The molecular weight excluding hydrogens is 396 g/mol. The Morgan fingerprint density at radius 2 is 1.64 bits per heavy atom. The number of ether oxygens (including phenoxy) is 1. The van der Waals surface area contributed by atoms with Crippen molar-refractivity contribution >= 4 is 29.1 Å². The predicted octanol–water partition coefficient (Wildman–Crippen LogP) is 0.705. The third-order valence-electron chi connectivity index (χ3n) is 4.51. The van der Waals surface area contributed by atoms with E-state index >= 15 is 0 Å². The monoisotopic (exact) mass is 416 g/mol. The molecule has 0 saturated heterocycles.